The third kappa shape index (κ3) is 4.18. The predicted molar refractivity (Wildman–Crippen MR) is 91.3 cm³/mol. The topological polar surface area (TPSA) is 95.5 Å². The first-order valence-electron chi connectivity index (χ1n) is 7.88. The van der Waals surface area contributed by atoms with Crippen LogP contribution in [0, 0.1) is 10.1 Å². The highest BCUT2D eigenvalue weighted by Crippen LogP contribution is 2.25. The van der Waals surface area contributed by atoms with Gasteiger partial charge in [0.05, 0.1) is 21.9 Å². The maximum atomic E-state index is 12.3. The highest BCUT2D eigenvalue weighted by atomic mass is 16.6. The van der Waals surface area contributed by atoms with Crippen molar-refractivity contribution in [1.29, 1.82) is 0 Å². The number of non-ortho nitro benzene ring substituents is 1. The van der Waals surface area contributed by atoms with Crippen molar-refractivity contribution in [3.63, 3.8) is 0 Å². The summed E-state index contributed by atoms with van der Waals surface area (Å²) in [5.41, 5.74) is -0.147. The quantitative estimate of drug-likeness (QED) is 0.430. The summed E-state index contributed by atoms with van der Waals surface area (Å²) in [5, 5.41) is 11.4. The molecular weight excluding hydrogens is 312 g/mol. The molecule has 0 spiro atoms. The fourth-order valence-electron chi connectivity index (χ4n) is 2.22. The molecule has 1 heterocycles. The lowest BCUT2D eigenvalue weighted by Gasteiger charge is -2.07. The number of hydrogen-bond acceptors (Lipinski definition) is 6. The van der Waals surface area contributed by atoms with E-state index in [2.05, 4.69) is 11.9 Å². The summed E-state index contributed by atoms with van der Waals surface area (Å²) in [6.45, 7) is 5.60. The van der Waals surface area contributed by atoms with Crippen molar-refractivity contribution in [2.24, 2.45) is 0 Å². The minimum absolute atomic E-state index is 0.133. The van der Waals surface area contributed by atoms with Crippen LogP contribution in [0.25, 0.3) is 17.0 Å². The van der Waals surface area contributed by atoms with Crippen molar-refractivity contribution in [2.75, 3.05) is 0 Å². The standard InChI is InChI=1S/C17H20N2O5/c1-4-5-6-7-8-12-9-13(19(21)22)10-14-15(12)16(20)24-17(18-14)23-11(2)3/h7-11H,4-6H2,1-3H3. The zero-order valence-corrected chi connectivity index (χ0v) is 13.9. The number of unbranched alkanes of at least 4 members (excludes halogenated alkanes) is 2. The van der Waals surface area contributed by atoms with E-state index >= 15 is 0 Å². The SMILES string of the molecule is CCCCC=Cc1cc([N+](=O)[O-])cc2nc(OC(C)C)oc(=O)c12. The molecule has 1 aromatic carbocycles. The van der Waals surface area contributed by atoms with E-state index in [1.165, 1.54) is 12.1 Å². The normalized spacial score (nSPS) is 11.5. The van der Waals surface area contributed by atoms with Gasteiger partial charge in [-0.3, -0.25) is 10.1 Å². The first kappa shape index (κ1) is 17.7. The predicted octanol–water partition coefficient (Wildman–Crippen LogP) is 4.09. The van der Waals surface area contributed by atoms with Gasteiger partial charge in [-0.05, 0) is 25.8 Å². The Morgan fingerprint density at radius 1 is 1.42 bits per heavy atom. The average molecular weight is 332 g/mol. The lowest BCUT2D eigenvalue weighted by atomic mass is 10.1. The number of nitrogens with zero attached hydrogens (tertiary/aromatic N) is 2. The lowest BCUT2D eigenvalue weighted by molar-refractivity contribution is -0.384. The molecule has 0 saturated carbocycles. The lowest BCUT2D eigenvalue weighted by Crippen LogP contribution is -2.11. The zero-order chi connectivity index (χ0) is 17.7. The molecule has 0 aliphatic heterocycles. The first-order valence-corrected chi connectivity index (χ1v) is 7.88. The van der Waals surface area contributed by atoms with Crippen molar-refractivity contribution in [1.82, 2.24) is 4.98 Å². The van der Waals surface area contributed by atoms with Crippen molar-refractivity contribution >= 4 is 22.7 Å². The number of benzene rings is 1. The third-order valence-corrected chi connectivity index (χ3v) is 3.30. The third-order valence-electron chi connectivity index (χ3n) is 3.30. The number of rotatable bonds is 7. The zero-order valence-electron chi connectivity index (χ0n) is 13.9. The average Bonchev–Trinajstić information content (AvgIpc) is 2.50. The highest BCUT2D eigenvalue weighted by molar-refractivity contribution is 5.89. The summed E-state index contributed by atoms with van der Waals surface area (Å²) in [4.78, 5) is 27.0. The molecule has 7 heteroatoms. The molecule has 0 saturated heterocycles. The van der Waals surface area contributed by atoms with Gasteiger partial charge in [0.2, 0.25) is 0 Å². The minimum atomic E-state index is -0.624. The van der Waals surface area contributed by atoms with E-state index in [0.29, 0.717) is 5.56 Å². The monoisotopic (exact) mass is 332 g/mol. The Morgan fingerprint density at radius 3 is 2.79 bits per heavy atom. The molecule has 0 amide bonds. The second-order valence-corrected chi connectivity index (χ2v) is 5.66. The molecule has 0 aliphatic carbocycles. The van der Waals surface area contributed by atoms with Gasteiger partial charge in [-0.1, -0.05) is 31.9 Å². The largest absolute Gasteiger partial charge is 0.447 e. The number of allylic oxidation sites excluding steroid dienone is 1. The molecule has 0 radical (unpaired) electrons. The Morgan fingerprint density at radius 2 is 2.17 bits per heavy atom. The molecule has 24 heavy (non-hydrogen) atoms. The van der Waals surface area contributed by atoms with Gasteiger partial charge >= 0.3 is 11.7 Å². The molecule has 0 fully saturated rings. The molecule has 128 valence electrons. The summed E-state index contributed by atoms with van der Waals surface area (Å²) < 4.78 is 10.4. The molecular formula is C17H20N2O5. The van der Waals surface area contributed by atoms with Crippen molar-refractivity contribution in [3.8, 4) is 6.08 Å². The summed E-state index contributed by atoms with van der Waals surface area (Å²) in [7, 11) is 0. The van der Waals surface area contributed by atoms with Gasteiger partial charge in [-0.15, -0.1) is 0 Å². The van der Waals surface area contributed by atoms with Gasteiger partial charge in [-0.2, -0.15) is 4.98 Å². The van der Waals surface area contributed by atoms with E-state index in [-0.39, 0.29) is 28.8 Å². The Kier molecular flexibility index (Phi) is 5.68. The van der Waals surface area contributed by atoms with Crippen LogP contribution in [-0.2, 0) is 0 Å². The number of hydrogen-bond donors (Lipinski definition) is 0. The van der Waals surface area contributed by atoms with Gasteiger partial charge in [-0.25, -0.2) is 4.79 Å². The Bertz CT molecular complexity index is 824. The van der Waals surface area contributed by atoms with Crippen molar-refractivity contribution in [2.45, 2.75) is 46.1 Å². The summed E-state index contributed by atoms with van der Waals surface area (Å²) in [6, 6.07) is 2.61. The number of ether oxygens (including phenoxy) is 1. The maximum Gasteiger partial charge on any atom is 0.397 e. The van der Waals surface area contributed by atoms with E-state index in [1.54, 1.807) is 19.9 Å². The molecule has 2 aromatic rings. The Labute approximate surface area is 139 Å². The number of fused-ring (bicyclic) bond motifs is 1. The molecule has 0 atom stereocenters. The van der Waals surface area contributed by atoms with Gasteiger partial charge < -0.3 is 9.15 Å². The summed E-state index contributed by atoms with van der Waals surface area (Å²) in [6.07, 6.45) is 6.04. The molecule has 0 unspecified atom stereocenters. The Hall–Kier alpha value is -2.70. The summed E-state index contributed by atoms with van der Waals surface area (Å²) >= 11 is 0. The van der Waals surface area contributed by atoms with Crippen LogP contribution in [0.2, 0.25) is 0 Å². The van der Waals surface area contributed by atoms with Crippen LogP contribution in [0.4, 0.5) is 5.69 Å². The van der Waals surface area contributed by atoms with E-state index in [4.69, 9.17) is 9.15 Å². The van der Waals surface area contributed by atoms with Crippen LogP contribution in [0.1, 0.15) is 45.6 Å². The van der Waals surface area contributed by atoms with E-state index < -0.39 is 10.5 Å². The van der Waals surface area contributed by atoms with Crippen LogP contribution < -0.4 is 10.4 Å². The molecule has 0 bridgehead atoms. The molecule has 0 aliphatic rings. The Balaban J connectivity index is 2.60. The van der Waals surface area contributed by atoms with Gasteiger partial charge in [0.1, 0.15) is 0 Å². The van der Waals surface area contributed by atoms with Crippen molar-refractivity contribution in [3.05, 3.63) is 44.3 Å². The van der Waals surface area contributed by atoms with Crippen molar-refractivity contribution < 1.29 is 14.1 Å². The van der Waals surface area contributed by atoms with Gasteiger partial charge in [0.25, 0.3) is 5.69 Å². The van der Waals surface area contributed by atoms with Crippen LogP contribution in [0.3, 0.4) is 0 Å². The van der Waals surface area contributed by atoms with Gasteiger partial charge in [0, 0.05) is 12.1 Å². The van der Waals surface area contributed by atoms with E-state index in [9.17, 15) is 14.9 Å². The van der Waals surface area contributed by atoms with Crippen LogP contribution in [-0.4, -0.2) is 16.0 Å². The fourth-order valence-corrected chi connectivity index (χ4v) is 2.22. The molecule has 7 nitrogen and oxygen atoms in total. The number of nitro benzene ring substituents is 1. The maximum absolute atomic E-state index is 12.3. The molecule has 2 rings (SSSR count). The summed E-state index contributed by atoms with van der Waals surface area (Å²) in [5.74, 6) is 0. The minimum Gasteiger partial charge on any atom is -0.447 e. The second-order valence-electron chi connectivity index (χ2n) is 5.66. The first-order chi connectivity index (χ1) is 11.4. The van der Waals surface area contributed by atoms with Crippen LogP contribution in [0.15, 0.2) is 27.4 Å². The molecule has 1 aromatic heterocycles. The van der Waals surface area contributed by atoms with E-state index in [0.717, 1.165) is 19.3 Å². The van der Waals surface area contributed by atoms with Crippen LogP contribution >= 0.6 is 0 Å². The molecule has 0 N–H and O–H groups in total. The fraction of sp³-hybridized carbons (Fsp3) is 0.412. The van der Waals surface area contributed by atoms with Gasteiger partial charge in [0.15, 0.2) is 0 Å². The highest BCUT2D eigenvalue weighted by Gasteiger charge is 2.17. The van der Waals surface area contributed by atoms with E-state index in [1.807, 2.05) is 6.08 Å². The number of nitro groups is 1. The second kappa shape index (κ2) is 7.72. The van der Waals surface area contributed by atoms with Crippen LogP contribution in [0.5, 0.6) is 6.08 Å². The number of aromatic nitrogens is 1. The smallest absolute Gasteiger partial charge is 0.397 e.